The Balaban J connectivity index is 0.000000316. The Morgan fingerprint density at radius 2 is 1.88 bits per heavy atom. The van der Waals surface area contributed by atoms with Gasteiger partial charge in [0.15, 0.2) is 0 Å². The second kappa shape index (κ2) is 8.29. The minimum atomic E-state index is -1.02. The molecule has 0 unspecified atom stereocenters. The maximum Gasteiger partial charge on any atom is 0.410 e. The van der Waals surface area contributed by atoms with Crippen LogP contribution < -0.4 is 0 Å². The van der Waals surface area contributed by atoms with E-state index in [9.17, 15) is 9.59 Å². The average molecular weight is 350 g/mol. The number of amides is 1. The Kier molecular flexibility index (Phi) is 6.36. The summed E-state index contributed by atoms with van der Waals surface area (Å²) in [6, 6.07) is 1.55. The molecule has 0 aromatic carbocycles. The molecule has 0 spiro atoms. The van der Waals surface area contributed by atoms with Crippen LogP contribution >= 0.6 is 0 Å². The van der Waals surface area contributed by atoms with Crippen LogP contribution in [0, 0.1) is 0 Å². The van der Waals surface area contributed by atoms with Gasteiger partial charge in [-0.3, -0.25) is 9.88 Å². The Hall–Kier alpha value is -2.15. The van der Waals surface area contributed by atoms with E-state index >= 15 is 0 Å². The van der Waals surface area contributed by atoms with E-state index in [-0.39, 0.29) is 5.56 Å². The molecule has 0 aliphatic carbocycles. The fraction of sp³-hybridized carbons (Fsp3) is 0.611. The maximum atomic E-state index is 11.9. The van der Waals surface area contributed by atoms with Gasteiger partial charge in [0.1, 0.15) is 5.60 Å². The van der Waals surface area contributed by atoms with E-state index < -0.39 is 17.7 Å². The van der Waals surface area contributed by atoms with Gasteiger partial charge in [0.05, 0.1) is 24.3 Å². The number of hydrogen-bond acceptors (Lipinski definition) is 5. The number of nitrogens with zero attached hydrogens (tertiary/aromatic N) is 2. The van der Waals surface area contributed by atoms with Crippen molar-refractivity contribution in [2.75, 3.05) is 13.2 Å². The van der Waals surface area contributed by atoms with E-state index in [1.807, 2.05) is 0 Å². The summed E-state index contributed by atoms with van der Waals surface area (Å²) < 4.78 is 10.3. The minimum Gasteiger partial charge on any atom is -0.478 e. The number of hydrogen-bond donors (Lipinski definition) is 1. The van der Waals surface area contributed by atoms with E-state index in [2.05, 4.69) is 4.98 Å². The molecule has 138 valence electrons. The van der Waals surface area contributed by atoms with Gasteiger partial charge in [-0.25, -0.2) is 9.59 Å². The van der Waals surface area contributed by atoms with Crippen molar-refractivity contribution in [2.45, 2.75) is 58.7 Å². The molecule has 0 radical (unpaired) electrons. The van der Waals surface area contributed by atoms with Crippen molar-refractivity contribution in [3.63, 3.8) is 0 Å². The minimum absolute atomic E-state index is 0.129. The zero-order valence-electron chi connectivity index (χ0n) is 15.1. The predicted molar refractivity (Wildman–Crippen MR) is 91.3 cm³/mol. The van der Waals surface area contributed by atoms with Gasteiger partial charge in [-0.1, -0.05) is 0 Å². The highest BCUT2D eigenvalue weighted by molar-refractivity contribution is 5.87. The lowest BCUT2D eigenvalue weighted by Gasteiger charge is -2.23. The molecule has 1 amide bonds. The number of aromatic carboxylic acids is 1. The SMILES string of the molecule is C1CCOCC1.CC(C)(C)OC(=O)N1Cc2cc(C(=O)O)cnc2C1. The number of aromatic nitrogens is 1. The van der Waals surface area contributed by atoms with Crippen molar-refractivity contribution in [3.8, 4) is 0 Å². The summed E-state index contributed by atoms with van der Waals surface area (Å²) in [5, 5.41) is 8.90. The van der Waals surface area contributed by atoms with Crippen LogP contribution in [0.1, 0.15) is 61.6 Å². The normalized spacial score (nSPS) is 16.5. The van der Waals surface area contributed by atoms with Gasteiger partial charge in [-0.2, -0.15) is 0 Å². The first-order valence-corrected chi connectivity index (χ1v) is 8.53. The van der Waals surface area contributed by atoms with Gasteiger partial charge in [0.25, 0.3) is 0 Å². The number of rotatable bonds is 1. The largest absolute Gasteiger partial charge is 0.478 e. The number of carboxylic acids is 1. The highest BCUT2D eigenvalue weighted by Crippen LogP contribution is 2.23. The smallest absolute Gasteiger partial charge is 0.410 e. The Labute approximate surface area is 147 Å². The maximum absolute atomic E-state index is 11.9. The molecule has 2 aliphatic rings. The third kappa shape index (κ3) is 6.01. The molecule has 0 atom stereocenters. The first-order valence-electron chi connectivity index (χ1n) is 8.53. The zero-order chi connectivity index (χ0) is 18.4. The molecular weight excluding hydrogens is 324 g/mol. The van der Waals surface area contributed by atoms with Crippen molar-refractivity contribution in [1.82, 2.24) is 9.88 Å². The molecule has 1 N–H and O–H groups in total. The van der Waals surface area contributed by atoms with Crippen LogP contribution in [0.15, 0.2) is 12.3 Å². The quantitative estimate of drug-likeness (QED) is 0.836. The highest BCUT2D eigenvalue weighted by Gasteiger charge is 2.29. The molecule has 2 aliphatic heterocycles. The van der Waals surface area contributed by atoms with E-state index in [1.165, 1.54) is 30.4 Å². The Bertz CT molecular complexity index is 609. The van der Waals surface area contributed by atoms with Crippen LogP contribution in [-0.2, 0) is 22.6 Å². The standard InChI is InChI=1S/C13H16N2O4.C5H10O/c1-13(2,3)19-12(18)15-6-9-4-8(11(16)17)5-14-10(9)7-15;1-2-4-6-5-3-1/h4-5H,6-7H2,1-3H3,(H,16,17);1-5H2. The summed E-state index contributed by atoms with van der Waals surface area (Å²) in [5.74, 6) is -1.02. The summed E-state index contributed by atoms with van der Waals surface area (Å²) in [6.07, 6.45) is 4.82. The second-order valence-corrected chi connectivity index (χ2v) is 7.14. The highest BCUT2D eigenvalue weighted by atomic mass is 16.6. The molecule has 1 aromatic rings. The number of pyridine rings is 1. The monoisotopic (exact) mass is 350 g/mol. The molecule has 0 saturated carbocycles. The average Bonchev–Trinajstić information content (AvgIpc) is 2.99. The number of carbonyl (C=O) groups is 2. The summed E-state index contributed by atoms with van der Waals surface area (Å²) in [4.78, 5) is 28.4. The fourth-order valence-corrected chi connectivity index (χ4v) is 2.52. The topological polar surface area (TPSA) is 89.0 Å². The number of carbonyl (C=O) groups excluding carboxylic acids is 1. The van der Waals surface area contributed by atoms with Crippen LogP contribution in [0.5, 0.6) is 0 Å². The molecule has 1 saturated heterocycles. The Morgan fingerprint density at radius 3 is 2.36 bits per heavy atom. The second-order valence-electron chi connectivity index (χ2n) is 7.14. The third-order valence-corrected chi connectivity index (χ3v) is 3.74. The first kappa shape index (κ1) is 19.2. The number of ether oxygens (including phenoxy) is 2. The molecule has 0 bridgehead atoms. The Morgan fingerprint density at radius 1 is 1.20 bits per heavy atom. The summed E-state index contributed by atoms with van der Waals surface area (Å²) in [5.41, 5.74) is 1.05. The summed E-state index contributed by atoms with van der Waals surface area (Å²) in [6.45, 7) is 8.08. The molecular formula is C18H26N2O5. The van der Waals surface area contributed by atoms with Gasteiger partial charge < -0.3 is 14.6 Å². The molecule has 1 aromatic heterocycles. The van der Waals surface area contributed by atoms with Gasteiger partial charge in [-0.15, -0.1) is 0 Å². The van der Waals surface area contributed by atoms with Crippen LogP contribution in [0.25, 0.3) is 0 Å². The van der Waals surface area contributed by atoms with Gasteiger partial charge in [0.2, 0.25) is 0 Å². The van der Waals surface area contributed by atoms with Crippen molar-refractivity contribution < 1.29 is 24.2 Å². The van der Waals surface area contributed by atoms with Gasteiger partial charge in [-0.05, 0) is 51.7 Å². The number of fused-ring (bicyclic) bond motifs is 1. The van der Waals surface area contributed by atoms with Gasteiger partial charge in [0, 0.05) is 19.4 Å². The van der Waals surface area contributed by atoms with Crippen molar-refractivity contribution in [2.24, 2.45) is 0 Å². The third-order valence-electron chi connectivity index (χ3n) is 3.74. The van der Waals surface area contributed by atoms with E-state index in [0.29, 0.717) is 13.1 Å². The predicted octanol–water partition coefficient (Wildman–Crippen LogP) is 3.22. The van der Waals surface area contributed by atoms with Crippen LogP contribution in [0.2, 0.25) is 0 Å². The van der Waals surface area contributed by atoms with Crippen molar-refractivity contribution in [1.29, 1.82) is 0 Å². The van der Waals surface area contributed by atoms with E-state index in [1.54, 1.807) is 26.8 Å². The zero-order valence-corrected chi connectivity index (χ0v) is 15.1. The fourth-order valence-electron chi connectivity index (χ4n) is 2.52. The lowest BCUT2D eigenvalue weighted by Crippen LogP contribution is -2.33. The molecule has 7 heteroatoms. The van der Waals surface area contributed by atoms with Crippen LogP contribution in [-0.4, -0.2) is 45.9 Å². The van der Waals surface area contributed by atoms with E-state index in [0.717, 1.165) is 24.5 Å². The molecule has 25 heavy (non-hydrogen) atoms. The lowest BCUT2D eigenvalue weighted by molar-refractivity contribution is 0.0240. The number of carboxylic acid groups (broad SMARTS) is 1. The molecule has 7 nitrogen and oxygen atoms in total. The van der Waals surface area contributed by atoms with Crippen molar-refractivity contribution in [3.05, 3.63) is 29.1 Å². The molecule has 1 fully saturated rings. The molecule has 3 rings (SSSR count). The van der Waals surface area contributed by atoms with Crippen LogP contribution in [0.3, 0.4) is 0 Å². The molecule has 3 heterocycles. The van der Waals surface area contributed by atoms with Crippen molar-refractivity contribution >= 4 is 12.1 Å². The van der Waals surface area contributed by atoms with E-state index in [4.69, 9.17) is 14.6 Å². The lowest BCUT2D eigenvalue weighted by atomic mass is 10.2. The summed E-state index contributed by atoms with van der Waals surface area (Å²) >= 11 is 0. The van der Waals surface area contributed by atoms with Gasteiger partial charge >= 0.3 is 12.1 Å². The summed E-state index contributed by atoms with van der Waals surface area (Å²) in [7, 11) is 0. The first-order chi connectivity index (χ1) is 11.8. The van der Waals surface area contributed by atoms with Crippen LogP contribution in [0.4, 0.5) is 4.79 Å².